The van der Waals surface area contributed by atoms with Gasteiger partial charge in [-0.05, 0) is 30.7 Å². The molecule has 6 heteroatoms. The van der Waals surface area contributed by atoms with E-state index in [1.807, 2.05) is 6.07 Å². The molecule has 2 aromatic rings. The van der Waals surface area contributed by atoms with E-state index in [2.05, 4.69) is 0 Å². The second kappa shape index (κ2) is 5.84. The monoisotopic (exact) mass is 316 g/mol. The Morgan fingerprint density at radius 1 is 1.45 bits per heavy atom. The van der Waals surface area contributed by atoms with Gasteiger partial charge in [-0.15, -0.1) is 0 Å². The number of halogens is 1. The number of aromatic nitrogens is 1. The van der Waals surface area contributed by atoms with Crippen molar-refractivity contribution in [3.63, 3.8) is 0 Å². The van der Waals surface area contributed by atoms with Crippen LogP contribution in [0.1, 0.15) is 22.3 Å². The summed E-state index contributed by atoms with van der Waals surface area (Å²) < 4.78 is 12.3. The van der Waals surface area contributed by atoms with E-state index in [1.165, 1.54) is 4.57 Å². The van der Waals surface area contributed by atoms with Gasteiger partial charge in [-0.3, -0.25) is 4.79 Å². The molecule has 0 radical (unpaired) electrons. The summed E-state index contributed by atoms with van der Waals surface area (Å²) in [7, 11) is 0. The van der Waals surface area contributed by atoms with Crippen molar-refractivity contribution in [2.75, 3.05) is 6.79 Å². The number of nitriles is 1. The second-order valence-electron chi connectivity index (χ2n) is 5.08. The maximum atomic E-state index is 12.3. The van der Waals surface area contributed by atoms with Gasteiger partial charge in [-0.25, -0.2) is 0 Å². The summed E-state index contributed by atoms with van der Waals surface area (Å²) in [5, 5.41) is 9.66. The highest BCUT2D eigenvalue weighted by Gasteiger charge is 2.17. The lowest BCUT2D eigenvalue weighted by Gasteiger charge is -2.21. The highest BCUT2D eigenvalue weighted by molar-refractivity contribution is 6.30. The van der Waals surface area contributed by atoms with Crippen LogP contribution in [0.25, 0.3) is 0 Å². The van der Waals surface area contributed by atoms with Crippen molar-refractivity contribution in [2.45, 2.75) is 20.1 Å². The molecule has 0 saturated heterocycles. The van der Waals surface area contributed by atoms with E-state index in [9.17, 15) is 4.79 Å². The molecule has 1 aromatic carbocycles. The molecule has 22 heavy (non-hydrogen) atoms. The van der Waals surface area contributed by atoms with Crippen molar-refractivity contribution in [1.82, 2.24) is 4.57 Å². The number of nitrogens with zero attached hydrogens (tertiary/aromatic N) is 2. The fourth-order valence-corrected chi connectivity index (χ4v) is 2.75. The van der Waals surface area contributed by atoms with Crippen molar-refractivity contribution in [1.29, 1.82) is 5.26 Å². The van der Waals surface area contributed by atoms with Crippen LogP contribution in [0.3, 0.4) is 0 Å². The first-order valence-electron chi connectivity index (χ1n) is 6.72. The van der Waals surface area contributed by atoms with Gasteiger partial charge in [0.2, 0.25) is 0 Å². The quantitative estimate of drug-likeness (QED) is 0.854. The Hall–Kier alpha value is -2.29. The molecule has 0 bridgehead atoms. The lowest BCUT2D eigenvalue weighted by molar-refractivity contribution is -0.0170. The molecular weight excluding hydrogens is 304 g/mol. The standard InChI is InChI=1S/C16H13ClN2O3/c1-10-2-3-19(16(20)14(10)6-18)7-11-4-13(17)5-12-8-21-9-22-15(11)12/h2-5H,7-9H2,1H3. The number of benzene rings is 1. The molecule has 2 heterocycles. The smallest absolute Gasteiger partial charge is 0.269 e. The molecule has 0 unspecified atom stereocenters. The van der Waals surface area contributed by atoms with E-state index in [1.54, 1.807) is 31.3 Å². The van der Waals surface area contributed by atoms with Crippen LogP contribution in [0.15, 0.2) is 29.2 Å². The average molecular weight is 317 g/mol. The second-order valence-corrected chi connectivity index (χ2v) is 5.52. The summed E-state index contributed by atoms with van der Waals surface area (Å²) in [6, 6.07) is 7.26. The minimum Gasteiger partial charge on any atom is -0.467 e. The zero-order valence-electron chi connectivity index (χ0n) is 11.9. The van der Waals surface area contributed by atoms with Gasteiger partial charge in [0.15, 0.2) is 6.79 Å². The van der Waals surface area contributed by atoms with Crippen LogP contribution in [0.4, 0.5) is 0 Å². The van der Waals surface area contributed by atoms with Gasteiger partial charge in [-0.1, -0.05) is 11.6 Å². The lowest BCUT2D eigenvalue weighted by atomic mass is 10.1. The van der Waals surface area contributed by atoms with Crippen LogP contribution in [0.5, 0.6) is 5.75 Å². The molecular formula is C16H13ClN2O3. The average Bonchev–Trinajstić information content (AvgIpc) is 2.50. The Labute approximate surface area is 132 Å². The molecule has 1 aliphatic rings. The normalized spacial score (nSPS) is 13.1. The number of ether oxygens (including phenoxy) is 2. The fraction of sp³-hybridized carbons (Fsp3) is 0.250. The third kappa shape index (κ3) is 2.59. The van der Waals surface area contributed by atoms with Crippen molar-refractivity contribution in [3.05, 3.63) is 62.0 Å². The van der Waals surface area contributed by atoms with Gasteiger partial charge >= 0.3 is 0 Å². The summed E-state index contributed by atoms with van der Waals surface area (Å²) in [6.07, 6.45) is 1.67. The minimum atomic E-state index is -0.316. The molecule has 1 aliphatic heterocycles. The topological polar surface area (TPSA) is 64.2 Å². The van der Waals surface area contributed by atoms with Crippen LogP contribution in [0.2, 0.25) is 5.02 Å². The number of fused-ring (bicyclic) bond motifs is 1. The third-order valence-corrected chi connectivity index (χ3v) is 3.80. The van der Waals surface area contributed by atoms with Crippen molar-refractivity contribution in [2.24, 2.45) is 0 Å². The van der Waals surface area contributed by atoms with Crippen LogP contribution < -0.4 is 10.3 Å². The van der Waals surface area contributed by atoms with Gasteiger partial charge < -0.3 is 14.0 Å². The van der Waals surface area contributed by atoms with E-state index in [-0.39, 0.29) is 24.5 Å². The number of rotatable bonds is 2. The van der Waals surface area contributed by atoms with E-state index in [0.717, 1.165) is 11.1 Å². The molecule has 0 fully saturated rings. The zero-order valence-corrected chi connectivity index (χ0v) is 12.7. The fourth-order valence-electron chi connectivity index (χ4n) is 2.48. The number of pyridine rings is 1. The first-order chi connectivity index (χ1) is 10.6. The number of aryl methyl sites for hydroxylation is 1. The largest absolute Gasteiger partial charge is 0.467 e. The van der Waals surface area contributed by atoms with Crippen LogP contribution in [-0.4, -0.2) is 11.4 Å². The van der Waals surface area contributed by atoms with Gasteiger partial charge in [0.1, 0.15) is 17.4 Å². The Bertz CT molecular complexity index is 837. The highest BCUT2D eigenvalue weighted by atomic mass is 35.5. The molecule has 0 amide bonds. The Balaban J connectivity index is 2.07. The van der Waals surface area contributed by atoms with Crippen LogP contribution in [-0.2, 0) is 17.9 Å². The third-order valence-electron chi connectivity index (χ3n) is 3.58. The Morgan fingerprint density at radius 2 is 2.27 bits per heavy atom. The van der Waals surface area contributed by atoms with E-state index in [0.29, 0.717) is 22.9 Å². The maximum Gasteiger partial charge on any atom is 0.269 e. The molecule has 112 valence electrons. The summed E-state index contributed by atoms with van der Waals surface area (Å²) in [5.74, 6) is 0.696. The lowest BCUT2D eigenvalue weighted by Crippen LogP contribution is -2.24. The molecule has 0 N–H and O–H groups in total. The van der Waals surface area contributed by atoms with Crippen LogP contribution in [0, 0.1) is 18.3 Å². The zero-order chi connectivity index (χ0) is 15.7. The molecule has 0 atom stereocenters. The van der Waals surface area contributed by atoms with Gasteiger partial charge in [0.25, 0.3) is 5.56 Å². The molecule has 0 saturated carbocycles. The maximum absolute atomic E-state index is 12.3. The SMILES string of the molecule is Cc1ccn(Cc2cc(Cl)cc3c2OCOC3)c(=O)c1C#N. The van der Waals surface area contributed by atoms with Crippen molar-refractivity contribution in [3.8, 4) is 11.8 Å². The highest BCUT2D eigenvalue weighted by Crippen LogP contribution is 2.32. The number of hydrogen-bond donors (Lipinski definition) is 0. The summed E-state index contributed by atoms with van der Waals surface area (Å²) in [5.41, 5.74) is 2.16. The molecule has 0 spiro atoms. The van der Waals surface area contributed by atoms with E-state index < -0.39 is 0 Å². The molecule has 1 aromatic heterocycles. The Morgan fingerprint density at radius 3 is 3.05 bits per heavy atom. The Kier molecular flexibility index (Phi) is 3.88. The minimum absolute atomic E-state index is 0.155. The van der Waals surface area contributed by atoms with Crippen LogP contribution >= 0.6 is 11.6 Å². The molecule has 0 aliphatic carbocycles. The predicted molar refractivity (Wildman–Crippen MR) is 81.0 cm³/mol. The first-order valence-corrected chi connectivity index (χ1v) is 7.10. The molecule has 3 rings (SSSR count). The summed E-state index contributed by atoms with van der Waals surface area (Å²) in [4.78, 5) is 12.3. The predicted octanol–water partition coefficient (Wildman–Crippen LogP) is 2.60. The van der Waals surface area contributed by atoms with Gasteiger partial charge in [0, 0.05) is 22.3 Å². The van der Waals surface area contributed by atoms with E-state index >= 15 is 0 Å². The number of hydrogen-bond acceptors (Lipinski definition) is 4. The van der Waals surface area contributed by atoms with E-state index in [4.69, 9.17) is 26.3 Å². The van der Waals surface area contributed by atoms with Gasteiger partial charge in [-0.2, -0.15) is 5.26 Å². The summed E-state index contributed by atoms with van der Waals surface area (Å²) in [6.45, 7) is 2.63. The molecule has 5 nitrogen and oxygen atoms in total. The first kappa shape index (κ1) is 14.6. The van der Waals surface area contributed by atoms with Crippen molar-refractivity contribution >= 4 is 11.6 Å². The van der Waals surface area contributed by atoms with Crippen molar-refractivity contribution < 1.29 is 9.47 Å². The summed E-state index contributed by atoms with van der Waals surface area (Å²) >= 11 is 6.12. The van der Waals surface area contributed by atoms with Gasteiger partial charge in [0.05, 0.1) is 13.2 Å².